The minimum absolute atomic E-state index is 0.0218. The summed E-state index contributed by atoms with van der Waals surface area (Å²) < 4.78 is 4.45. The standard InChI is InChI=1S/C9H16N2O3/c1-14-8(12)4-6-11-9(13)7-3-2-5-10-7/h7,10H,2-6H2,1H3,(H,11,13). The normalized spacial score (nSPS) is 20.5. The Kier molecular flexibility index (Phi) is 4.39. The first-order chi connectivity index (χ1) is 6.74. The quantitative estimate of drug-likeness (QED) is 0.596. The summed E-state index contributed by atoms with van der Waals surface area (Å²) in [7, 11) is 1.34. The van der Waals surface area contributed by atoms with E-state index >= 15 is 0 Å². The molecule has 1 rings (SSSR count). The average Bonchev–Trinajstić information content (AvgIpc) is 2.70. The molecule has 2 N–H and O–H groups in total. The number of carbonyl (C=O) groups excluding carboxylic acids is 2. The number of hydrogen-bond acceptors (Lipinski definition) is 4. The molecular weight excluding hydrogens is 184 g/mol. The summed E-state index contributed by atoms with van der Waals surface area (Å²) in [5, 5.41) is 5.77. The molecule has 0 aliphatic carbocycles. The molecule has 1 heterocycles. The summed E-state index contributed by atoms with van der Waals surface area (Å²) in [6, 6.07) is -0.0763. The smallest absolute Gasteiger partial charge is 0.307 e. The van der Waals surface area contributed by atoms with Crippen molar-refractivity contribution in [3.8, 4) is 0 Å². The lowest BCUT2D eigenvalue weighted by Crippen LogP contribution is -2.41. The zero-order valence-corrected chi connectivity index (χ0v) is 8.34. The van der Waals surface area contributed by atoms with Crippen LogP contribution in [0.1, 0.15) is 19.3 Å². The van der Waals surface area contributed by atoms with Gasteiger partial charge in [-0.05, 0) is 19.4 Å². The Morgan fingerprint density at radius 3 is 2.93 bits per heavy atom. The Balaban J connectivity index is 2.11. The molecule has 1 atom stereocenters. The largest absolute Gasteiger partial charge is 0.469 e. The highest BCUT2D eigenvalue weighted by atomic mass is 16.5. The van der Waals surface area contributed by atoms with Crippen molar-refractivity contribution in [3.63, 3.8) is 0 Å². The van der Waals surface area contributed by atoms with Crippen molar-refractivity contribution >= 4 is 11.9 Å². The molecule has 1 unspecified atom stereocenters. The number of rotatable bonds is 4. The molecule has 0 aromatic rings. The van der Waals surface area contributed by atoms with E-state index < -0.39 is 0 Å². The van der Waals surface area contributed by atoms with E-state index in [0.29, 0.717) is 6.54 Å². The fraction of sp³-hybridized carbons (Fsp3) is 0.778. The molecule has 1 saturated heterocycles. The number of nitrogens with one attached hydrogen (secondary N) is 2. The van der Waals surface area contributed by atoms with Crippen molar-refractivity contribution in [2.24, 2.45) is 0 Å². The summed E-state index contributed by atoms with van der Waals surface area (Å²) in [4.78, 5) is 22.1. The second-order valence-corrected chi connectivity index (χ2v) is 3.27. The lowest BCUT2D eigenvalue weighted by Gasteiger charge is -2.10. The molecule has 0 aromatic carbocycles. The van der Waals surface area contributed by atoms with Gasteiger partial charge in [-0.1, -0.05) is 0 Å². The molecule has 14 heavy (non-hydrogen) atoms. The molecule has 0 bridgehead atoms. The molecule has 5 nitrogen and oxygen atoms in total. The summed E-state index contributed by atoms with van der Waals surface area (Å²) in [5.41, 5.74) is 0. The summed E-state index contributed by atoms with van der Waals surface area (Å²) >= 11 is 0. The van der Waals surface area contributed by atoms with Crippen LogP contribution in [0.15, 0.2) is 0 Å². The first kappa shape index (κ1) is 11.0. The fourth-order valence-electron chi connectivity index (χ4n) is 1.42. The lowest BCUT2D eigenvalue weighted by atomic mass is 10.2. The van der Waals surface area contributed by atoms with Gasteiger partial charge in [0.15, 0.2) is 0 Å². The van der Waals surface area contributed by atoms with Gasteiger partial charge < -0.3 is 15.4 Å². The Hall–Kier alpha value is -1.10. The van der Waals surface area contributed by atoms with Gasteiger partial charge in [0.1, 0.15) is 0 Å². The van der Waals surface area contributed by atoms with Gasteiger partial charge in [-0.3, -0.25) is 9.59 Å². The highest BCUT2D eigenvalue weighted by molar-refractivity contribution is 5.82. The fourth-order valence-corrected chi connectivity index (χ4v) is 1.42. The van der Waals surface area contributed by atoms with E-state index in [0.717, 1.165) is 19.4 Å². The second kappa shape index (κ2) is 5.59. The molecule has 0 radical (unpaired) electrons. The third-order valence-corrected chi connectivity index (χ3v) is 2.23. The van der Waals surface area contributed by atoms with Crippen molar-refractivity contribution < 1.29 is 14.3 Å². The van der Waals surface area contributed by atoms with Gasteiger partial charge in [-0.2, -0.15) is 0 Å². The summed E-state index contributed by atoms with van der Waals surface area (Å²) in [6.45, 7) is 1.25. The molecule has 1 amide bonds. The summed E-state index contributed by atoms with van der Waals surface area (Å²) in [5.74, 6) is -0.323. The number of carbonyl (C=O) groups is 2. The maximum Gasteiger partial charge on any atom is 0.307 e. The van der Waals surface area contributed by atoms with Gasteiger partial charge in [-0.15, -0.1) is 0 Å². The molecule has 1 fully saturated rings. The van der Waals surface area contributed by atoms with Crippen LogP contribution in [0.3, 0.4) is 0 Å². The van der Waals surface area contributed by atoms with E-state index in [4.69, 9.17) is 0 Å². The zero-order valence-electron chi connectivity index (χ0n) is 8.34. The van der Waals surface area contributed by atoms with Crippen LogP contribution in [0.25, 0.3) is 0 Å². The van der Waals surface area contributed by atoms with E-state index in [2.05, 4.69) is 15.4 Å². The van der Waals surface area contributed by atoms with Gasteiger partial charge in [-0.25, -0.2) is 0 Å². The Morgan fingerprint density at radius 1 is 1.57 bits per heavy atom. The van der Waals surface area contributed by atoms with Crippen molar-refractivity contribution in [3.05, 3.63) is 0 Å². The molecule has 1 aliphatic heterocycles. The van der Waals surface area contributed by atoms with Crippen LogP contribution in [0.4, 0.5) is 0 Å². The number of esters is 1. The maximum absolute atomic E-state index is 11.4. The first-order valence-electron chi connectivity index (χ1n) is 4.82. The molecule has 0 saturated carbocycles. The Morgan fingerprint density at radius 2 is 2.36 bits per heavy atom. The number of amides is 1. The van der Waals surface area contributed by atoms with E-state index in [-0.39, 0.29) is 24.3 Å². The van der Waals surface area contributed by atoms with Crippen LogP contribution in [0.5, 0.6) is 0 Å². The third kappa shape index (κ3) is 3.33. The number of hydrogen-bond donors (Lipinski definition) is 2. The molecule has 0 spiro atoms. The predicted octanol–water partition coefficient (Wildman–Crippen LogP) is -0.582. The van der Waals surface area contributed by atoms with Crippen LogP contribution in [-0.4, -0.2) is 38.1 Å². The van der Waals surface area contributed by atoms with Gasteiger partial charge in [0.25, 0.3) is 0 Å². The first-order valence-corrected chi connectivity index (χ1v) is 4.82. The predicted molar refractivity (Wildman–Crippen MR) is 50.7 cm³/mol. The Labute approximate surface area is 83.2 Å². The van der Waals surface area contributed by atoms with Gasteiger partial charge in [0.2, 0.25) is 5.91 Å². The molecule has 1 aliphatic rings. The van der Waals surface area contributed by atoms with Crippen LogP contribution in [-0.2, 0) is 14.3 Å². The van der Waals surface area contributed by atoms with E-state index in [9.17, 15) is 9.59 Å². The van der Waals surface area contributed by atoms with Gasteiger partial charge >= 0.3 is 5.97 Å². The molecule has 5 heteroatoms. The van der Waals surface area contributed by atoms with Crippen molar-refractivity contribution in [2.75, 3.05) is 20.2 Å². The average molecular weight is 200 g/mol. The second-order valence-electron chi connectivity index (χ2n) is 3.27. The van der Waals surface area contributed by atoms with Crippen molar-refractivity contribution in [1.82, 2.24) is 10.6 Å². The van der Waals surface area contributed by atoms with Crippen LogP contribution < -0.4 is 10.6 Å². The summed E-state index contributed by atoms with van der Waals surface area (Å²) in [6.07, 6.45) is 2.15. The molecular formula is C9H16N2O3. The Bertz CT molecular complexity index is 212. The van der Waals surface area contributed by atoms with E-state index in [1.807, 2.05) is 0 Å². The van der Waals surface area contributed by atoms with E-state index in [1.165, 1.54) is 7.11 Å². The van der Waals surface area contributed by atoms with Crippen LogP contribution in [0.2, 0.25) is 0 Å². The third-order valence-electron chi connectivity index (χ3n) is 2.23. The van der Waals surface area contributed by atoms with Gasteiger partial charge in [0.05, 0.1) is 19.6 Å². The van der Waals surface area contributed by atoms with E-state index in [1.54, 1.807) is 0 Å². The molecule has 0 aromatic heterocycles. The van der Waals surface area contributed by atoms with Crippen molar-refractivity contribution in [2.45, 2.75) is 25.3 Å². The zero-order chi connectivity index (χ0) is 10.4. The number of ether oxygens (including phenoxy) is 1. The lowest BCUT2D eigenvalue weighted by molar-refractivity contribution is -0.140. The van der Waals surface area contributed by atoms with Gasteiger partial charge in [0, 0.05) is 6.54 Å². The monoisotopic (exact) mass is 200 g/mol. The topological polar surface area (TPSA) is 67.4 Å². The minimum Gasteiger partial charge on any atom is -0.469 e. The van der Waals surface area contributed by atoms with Crippen LogP contribution >= 0.6 is 0 Å². The molecule has 80 valence electrons. The SMILES string of the molecule is COC(=O)CCNC(=O)C1CCCN1. The number of methoxy groups -OCH3 is 1. The van der Waals surface area contributed by atoms with Crippen LogP contribution in [0, 0.1) is 0 Å². The highest BCUT2D eigenvalue weighted by Crippen LogP contribution is 2.04. The highest BCUT2D eigenvalue weighted by Gasteiger charge is 2.21. The maximum atomic E-state index is 11.4. The van der Waals surface area contributed by atoms with Crippen molar-refractivity contribution in [1.29, 1.82) is 0 Å². The minimum atomic E-state index is -0.301.